The van der Waals surface area contributed by atoms with Crippen LogP contribution in [0.15, 0.2) is 12.5 Å². The van der Waals surface area contributed by atoms with Crippen molar-refractivity contribution in [1.82, 2.24) is 14.5 Å². The van der Waals surface area contributed by atoms with Gasteiger partial charge in [-0.1, -0.05) is 13.8 Å². The summed E-state index contributed by atoms with van der Waals surface area (Å²) in [6.07, 6.45) is 3.58. The number of hydrogen-bond donors (Lipinski definition) is 1. The highest BCUT2D eigenvalue weighted by molar-refractivity contribution is 5.80. The molecule has 5 heteroatoms. The maximum absolute atomic E-state index is 12.5. The molecule has 0 aliphatic rings. The zero-order chi connectivity index (χ0) is 15.3. The van der Waals surface area contributed by atoms with E-state index in [2.05, 4.69) is 18.8 Å². The molecule has 5 nitrogen and oxygen atoms in total. The van der Waals surface area contributed by atoms with Gasteiger partial charge < -0.3 is 15.2 Å². The second-order valence-corrected chi connectivity index (χ2v) is 5.50. The monoisotopic (exact) mass is 280 g/mol. The second-order valence-electron chi connectivity index (χ2n) is 5.50. The number of amides is 1. The van der Waals surface area contributed by atoms with Gasteiger partial charge in [0, 0.05) is 37.4 Å². The molecule has 0 radical (unpaired) electrons. The van der Waals surface area contributed by atoms with Crippen molar-refractivity contribution in [2.24, 2.45) is 11.7 Å². The molecular formula is C15H28N4O. The van der Waals surface area contributed by atoms with Gasteiger partial charge in [0.2, 0.25) is 5.91 Å². The highest BCUT2D eigenvalue weighted by atomic mass is 16.2. The Bertz CT molecular complexity index is 423. The average Bonchev–Trinajstić information content (AvgIpc) is 2.88. The quantitative estimate of drug-likeness (QED) is 0.831. The average molecular weight is 280 g/mol. The number of nitrogens with two attached hydrogens (primary N) is 1. The fraction of sp³-hybridized carbons (Fsp3) is 0.733. The van der Waals surface area contributed by atoms with Gasteiger partial charge >= 0.3 is 0 Å². The lowest BCUT2D eigenvalue weighted by atomic mass is 9.92. The molecule has 0 saturated carbocycles. The van der Waals surface area contributed by atoms with Crippen molar-refractivity contribution >= 4 is 5.91 Å². The van der Waals surface area contributed by atoms with E-state index in [1.807, 2.05) is 36.4 Å². The lowest BCUT2D eigenvalue weighted by Gasteiger charge is -2.27. The van der Waals surface area contributed by atoms with Crippen LogP contribution in [0.1, 0.15) is 52.3 Å². The number of nitrogens with zero attached hydrogens (tertiary/aromatic N) is 3. The van der Waals surface area contributed by atoms with Crippen LogP contribution >= 0.6 is 0 Å². The van der Waals surface area contributed by atoms with Crippen molar-refractivity contribution in [3.63, 3.8) is 0 Å². The van der Waals surface area contributed by atoms with Crippen LogP contribution in [0.25, 0.3) is 0 Å². The lowest BCUT2D eigenvalue weighted by Crippen LogP contribution is -2.36. The van der Waals surface area contributed by atoms with Crippen LogP contribution in [0.2, 0.25) is 0 Å². The summed E-state index contributed by atoms with van der Waals surface area (Å²) in [6.45, 7) is 12.2. The molecule has 2 N–H and O–H groups in total. The van der Waals surface area contributed by atoms with Gasteiger partial charge in [-0.15, -0.1) is 0 Å². The molecule has 0 bridgehead atoms. The summed E-state index contributed by atoms with van der Waals surface area (Å²) in [5.41, 5.74) is 6.94. The summed E-state index contributed by atoms with van der Waals surface area (Å²) in [6, 6.07) is -0.236. The van der Waals surface area contributed by atoms with E-state index in [1.165, 1.54) is 0 Å². The van der Waals surface area contributed by atoms with E-state index in [1.54, 1.807) is 6.33 Å². The molecule has 0 aliphatic carbocycles. The van der Waals surface area contributed by atoms with Gasteiger partial charge in [-0.25, -0.2) is 4.98 Å². The maximum Gasteiger partial charge on any atom is 0.245 e. The standard InChI is InChI=1S/C15H28N4O/c1-6-18(7-2)15(20)12(5)19-10-17-9-14(19)13(8-16)11(3)4/h9-13H,6-8,16H2,1-5H3. The summed E-state index contributed by atoms with van der Waals surface area (Å²) < 4.78 is 1.97. The van der Waals surface area contributed by atoms with Gasteiger partial charge in [-0.3, -0.25) is 4.79 Å². The van der Waals surface area contributed by atoms with Gasteiger partial charge in [0.15, 0.2) is 0 Å². The minimum Gasteiger partial charge on any atom is -0.341 e. The molecule has 2 atom stereocenters. The lowest BCUT2D eigenvalue weighted by molar-refractivity contribution is -0.133. The van der Waals surface area contributed by atoms with Crippen LogP contribution < -0.4 is 5.73 Å². The maximum atomic E-state index is 12.5. The highest BCUT2D eigenvalue weighted by Crippen LogP contribution is 2.26. The number of carbonyl (C=O) groups is 1. The third-order valence-corrected chi connectivity index (χ3v) is 3.98. The van der Waals surface area contributed by atoms with Crippen LogP contribution in [0.3, 0.4) is 0 Å². The first-order valence-corrected chi connectivity index (χ1v) is 7.48. The van der Waals surface area contributed by atoms with E-state index in [4.69, 9.17) is 5.73 Å². The molecule has 1 aromatic heterocycles. The topological polar surface area (TPSA) is 64.2 Å². The Hall–Kier alpha value is -1.36. The molecule has 1 heterocycles. The van der Waals surface area contributed by atoms with Crippen LogP contribution in [0.4, 0.5) is 0 Å². The number of imidazole rings is 1. The summed E-state index contributed by atoms with van der Waals surface area (Å²) in [7, 11) is 0. The SMILES string of the molecule is CCN(CC)C(=O)C(C)n1cncc1C(CN)C(C)C. The van der Waals surface area contributed by atoms with Gasteiger partial charge in [0.25, 0.3) is 0 Å². The summed E-state index contributed by atoms with van der Waals surface area (Å²) in [5, 5.41) is 0. The predicted octanol–water partition coefficient (Wildman–Crippen LogP) is 2.01. The Balaban J connectivity index is 3.03. The van der Waals surface area contributed by atoms with Gasteiger partial charge in [-0.05, 0) is 26.7 Å². The minimum atomic E-state index is -0.236. The first-order chi connectivity index (χ1) is 9.47. The first-order valence-electron chi connectivity index (χ1n) is 7.48. The number of hydrogen-bond acceptors (Lipinski definition) is 3. The molecule has 0 saturated heterocycles. The minimum absolute atomic E-state index is 0.133. The molecule has 114 valence electrons. The van der Waals surface area contributed by atoms with E-state index in [9.17, 15) is 4.79 Å². The zero-order valence-electron chi connectivity index (χ0n) is 13.3. The molecule has 20 heavy (non-hydrogen) atoms. The molecular weight excluding hydrogens is 252 g/mol. The Morgan fingerprint density at radius 2 is 1.95 bits per heavy atom. The summed E-state index contributed by atoms with van der Waals surface area (Å²) >= 11 is 0. The van der Waals surface area contributed by atoms with Crippen molar-refractivity contribution < 1.29 is 4.79 Å². The Morgan fingerprint density at radius 3 is 2.40 bits per heavy atom. The fourth-order valence-corrected chi connectivity index (χ4v) is 2.58. The van der Waals surface area contributed by atoms with Crippen molar-refractivity contribution in [1.29, 1.82) is 0 Å². The molecule has 2 unspecified atom stereocenters. The Morgan fingerprint density at radius 1 is 1.35 bits per heavy atom. The molecule has 0 spiro atoms. The zero-order valence-corrected chi connectivity index (χ0v) is 13.3. The summed E-state index contributed by atoms with van der Waals surface area (Å²) in [5.74, 6) is 0.782. The third-order valence-electron chi connectivity index (χ3n) is 3.98. The van der Waals surface area contributed by atoms with Crippen molar-refractivity contribution in [3.05, 3.63) is 18.2 Å². The molecule has 1 aromatic rings. The second kappa shape index (κ2) is 7.43. The van der Waals surface area contributed by atoms with E-state index < -0.39 is 0 Å². The number of carbonyl (C=O) groups excluding carboxylic acids is 1. The fourth-order valence-electron chi connectivity index (χ4n) is 2.58. The van der Waals surface area contributed by atoms with Crippen LogP contribution in [-0.4, -0.2) is 40.0 Å². The van der Waals surface area contributed by atoms with Crippen LogP contribution in [-0.2, 0) is 4.79 Å². The molecule has 1 rings (SSSR count). The number of aromatic nitrogens is 2. The largest absolute Gasteiger partial charge is 0.341 e. The Kier molecular flexibility index (Phi) is 6.20. The molecule has 0 aromatic carbocycles. The molecule has 0 aliphatic heterocycles. The van der Waals surface area contributed by atoms with Crippen molar-refractivity contribution in [2.75, 3.05) is 19.6 Å². The molecule has 1 amide bonds. The number of rotatable bonds is 7. The number of likely N-dealkylation sites (N-methyl/N-ethyl adjacent to an activating group) is 1. The van der Waals surface area contributed by atoms with Gasteiger partial charge in [0.05, 0.1) is 6.33 Å². The van der Waals surface area contributed by atoms with Gasteiger partial charge in [-0.2, -0.15) is 0 Å². The van der Waals surface area contributed by atoms with Crippen LogP contribution in [0, 0.1) is 5.92 Å². The normalized spacial score (nSPS) is 14.3. The van der Waals surface area contributed by atoms with Crippen LogP contribution in [0.5, 0.6) is 0 Å². The third kappa shape index (κ3) is 3.39. The summed E-state index contributed by atoms with van der Waals surface area (Å²) in [4.78, 5) is 18.6. The smallest absolute Gasteiger partial charge is 0.245 e. The Labute approximate surface area is 122 Å². The van der Waals surface area contributed by atoms with Crippen molar-refractivity contribution in [3.8, 4) is 0 Å². The van der Waals surface area contributed by atoms with E-state index in [-0.39, 0.29) is 17.9 Å². The van der Waals surface area contributed by atoms with Crippen molar-refractivity contribution in [2.45, 2.75) is 46.6 Å². The van der Waals surface area contributed by atoms with Gasteiger partial charge in [0.1, 0.15) is 6.04 Å². The predicted molar refractivity (Wildman–Crippen MR) is 81.5 cm³/mol. The molecule has 0 fully saturated rings. The first kappa shape index (κ1) is 16.7. The van der Waals surface area contributed by atoms with E-state index in [0.717, 1.165) is 18.8 Å². The van der Waals surface area contributed by atoms with E-state index in [0.29, 0.717) is 12.5 Å². The highest BCUT2D eigenvalue weighted by Gasteiger charge is 2.25. The van der Waals surface area contributed by atoms with E-state index >= 15 is 0 Å².